The van der Waals surface area contributed by atoms with Crippen LogP contribution in [0.2, 0.25) is 0 Å². The van der Waals surface area contributed by atoms with Gasteiger partial charge in [0.05, 0.1) is 6.61 Å². The first-order valence-corrected chi connectivity index (χ1v) is 27.2. The molecule has 0 heterocycles. The van der Waals surface area contributed by atoms with Gasteiger partial charge in [0.2, 0.25) is 0 Å². The number of carbonyl (C=O) groups is 2. The van der Waals surface area contributed by atoms with Crippen LogP contribution in [-0.4, -0.2) is 98.3 Å². The van der Waals surface area contributed by atoms with Crippen LogP contribution in [0, 0.1) is 0 Å². The maximum atomic E-state index is 12.8. The molecular weight excluding hydrogens is 876 g/mol. The maximum absolute atomic E-state index is 12.8. The lowest BCUT2D eigenvalue weighted by Gasteiger charge is -2.41. The standard InChI is InChI=1S/C53H91O13P/c1-3-5-7-9-11-13-15-17-19-21-22-23-24-26-28-30-32-34-36-38-40-42-47(55)65-45(44-64-67(61,62)66-53-51(59)49(57)48(56)50(58)52(53)60)43-63-46(54)41-39-37-35-33-31-29-27-25-20-18-16-14-12-10-8-6-4-2/h19,21,23-24,27-30,33-36,45,48-53,56-60H,3-18,20,22,25-26,31-32,37-44H2,1-2H3,(H,61,62)/b21-19+,24-23+,29-27+,30-28+,35-33+,36-34+/t45-,48?,49-,50?,51?,52?,53?/m1/s1. The van der Waals surface area contributed by atoms with Crippen molar-refractivity contribution >= 4 is 19.8 Å². The second kappa shape index (κ2) is 42.2. The van der Waals surface area contributed by atoms with Gasteiger partial charge in [-0.1, -0.05) is 177 Å². The first kappa shape index (κ1) is 62.3. The van der Waals surface area contributed by atoms with E-state index in [1.807, 2.05) is 18.2 Å². The van der Waals surface area contributed by atoms with Gasteiger partial charge in [0.15, 0.2) is 6.10 Å². The number of phosphoric acid groups is 1. The molecule has 0 amide bonds. The van der Waals surface area contributed by atoms with Crippen molar-refractivity contribution in [3.05, 3.63) is 72.9 Å². The van der Waals surface area contributed by atoms with E-state index in [0.29, 0.717) is 25.7 Å². The van der Waals surface area contributed by atoms with E-state index < -0.39 is 75.7 Å². The Bertz CT molecular complexity index is 1440. The number of hydrogen-bond donors (Lipinski definition) is 6. The van der Waals surface area contributed by atoms with Crippen LogP contribution in [0.1, 0.15) is 194 Å². The van der Waals surface area contributed by atoms with Crippen molar-refractivity contribution in [2.24, 2.45) is 0 Å². The number of rotatable bonds is 42. The van der Waals surface area contributed by atoms with Crippen molar-refractivity contribution in [1.29, 1.82) is 0 Å². The number of unbranched alkanes of at least 4 members (excludes halogenated alkanes) is 18. The van der Waals surface area contributed by atoms with Crippen molar-refractivity contribution in [2.75, 3.05) is 13.2 Å². The third-order valence-electron chi connectivity index (χ3n) is 11.5. The molecule has 1 aliphatic rings. The molecule has 14 heteroatoms. The van der Waals surface area contributed by atoms with Crippen LogP contribution >= 0.6 is 7.82 Å². The van der Waals surface area contributed by atoms with Gasteiger partial charge in [-0.25, -0.2) is 4.57 Å². The summed E-state index contributed by atoms with van der Waals surface area (Å²) in [5.74, 6) is -1.22. The number of allylic oxidation sites excluding steroid dienone is 12. The molecule has 1 saturated carbocycles. The summed E-state index contributed by atoms with van der Waals surface area (Å²) in [7, 11) is -5.15. The quantitative estimate of drug-likeness (QED) is 0.0146. The molecule has 0 spiro atoms. The molecule has 386 valence electrons. The Labute approximate surface area is 404 Å². The molecule has 8 atom stereocenters. The molecule has 0 aromatic rings. The fraction of sp³-hybridized carbons (Fsp3) is 0.736. The summed E-state index contributed by atoms with van der Waals surface area (Å²) in [5, 5.41) is 50.2. The minimum Gasteiger partial charge on any atom is -0.462 e. The van der Waals surface area contributed by atoms with Crippen LogP contribution in [0.25, 0.3) is 0 Å². The summed E-state index contributed by atoms with van der Waals surface area (Å²) < 4.78 is 33.5. The molecule has 1 aliphatic carbocycles. The number of esters is 2. The Morgan fingerprint density at radius 2 is 0.806 bits per heavy atom. The molecule has 6 N–H and O–H groups in total. The highest BCUT2D eigenvalue weighted by Gasteiger charge is 2.51. The van der Waals surface area contributed by atoms with Crippen molar-refractivity contribution in [2.45, 2.75) is 236 Å². The second-order valence-corrected chi connectivity index (χ2v) is 19.1. The highest BCUT2D eigenvalue weighted by atomic mass is 31.2. The van der Waals surface area contributed by atoms with Gasteiger partial charge in [-0.3, -0.25) is 18.6 Å². The summed E-state index contributed by atoms with van der Waals surface area (Å²) >= 11 is 0. The van der Waals surface area contributed by atoms with E-state index in [1.54, 1.807) is 0 Å². The maximum Gasteiger partial charge on any atom is 0.472 e. The SMILES string of the molecule is CCCCCCCCC/C=C/C/C=C/C/C=C/C/C=C/CCCC(=O)O[C@H](COC(=O)CCC/C=C/C/C=C/CCCCCCCCCCC)COP(=O)(O)OC1C(O)C(O)C(O)[C@@H](O)C1O. The van der Waals surface area contributed by atoms with E-state index in [2.05, 4.69) is 68.5 Å². The number of aliphatic hydroxyl groups excluding tert-OH is 5. The van der Waals surface area contributed by atoms with Crippen LogP contribution in [0.15, 0.2) is 72.9 Å². The number of carbonyl (C=O) groups excluding carboxylic acids is 2. The van der Waals surface area contributed by atoms with Crippen LogP contribution < -0.4 is 0 Å². The highest BCUT2D eigenvalue weighted by Crippen LogP contribution is 2.47. The monoisotopic (exact) mass is 967 g/mol. The highest BCUT2D eigenvalue weighted by molar-refractivity contribution is 7.47. The lowest BCUT2D eigenvalue weighted by molar-refractivity contribution is -0.220. The molecule has 1 fully saturated rings. The Morgan fingerprint density at radius 3 is 1.22 bits per heavy atom. The van der Waals surface area contributed by atoms with E-state index in [4.69, 9.17) is 18.5 Å². The Hall–Kier alpha value is -2.71. The molecular formula is C53H91O13P. The van der Waals surface area contributed by atoms with Crippen LogP contribution in [0.5, 0.6) is 0 Å². The smallest absolute Gasteiger partial charge is 0.462 e. The molecule has 0 aromatic carbocycles. The number of hydrogen-bond acceptors (Lipinski definition) is 12. The third kappa shape index (κ3) is 34.3. The van der Waals surface area contributed by atoms with Crippen molar-refractivity contribution in [3.8, 4) is 0 Å². The van der Waals surface area contributed by atoms with Gasteiger partial charge in [-0.2, -0.15) is 0 Å². The fourth-order valence-corrected chi connectivity index (χ4v) is 8.35. The Kier molecular flexibility index (Phi) is 39.2. The van der Waals surface area contributed by atoms with Crippen LogP contribution in [0.3, 0.4) is 0 Å². The van der Waals surface area contributed by atoms with Gasteiger partial charge < -0.3 is 39.9 Å². The Balaban J connectivity index is 2.49. The lowest BCUT2D eigenvalue weighted by atomic mass is 9.85. The molecule has 0 radical (unpaired) electrons. The molecule has 0 bridgehead atoms. The molecule has 0 aromatic heterocycles. The number of ether oxygens (including phenoxy) is 2. The minimum absolute atomic E-state index is 0.00946. The zero-order valence-electron chi connectivity index (χ0n) is 41.2. The van der Waals surface area contributed by atoms with Gasteiger partial charge >= 0.3 is 19.8 Å². The average molecular weight is 967 g/mol. The molecule has 0 aliphatic heterocycles. The van der Waals surface area contributed by atoms with Gasteiger partial charge in [0.25, 0.3) is 0 Å². The summed E-state index contributed by atoms with van der Waals surface area (Å²) in [6.07, 6.45) is 41.1. The summed E-state index contributed by atoms with van der Waals surface area (Å²) in [5.41, 5.74) is 0. The topological polar surface area (TPSA) is 210 Å². The summed E-state index contributed by atoms with van der Waals surface area (Å²) in [6.45, 7) is 3.23. The first-order valence-electron chi connectivity index (χ1n) is 25.7. The van der Waals surface area contributed by atoms with E-state index in [1.165, 1.54) is 103 Å². The van der Waals surface area contributed by atoms with Crippen molar-refractivity contribution < 1.29 is 63.1 Å². The average Bonchev–Trinajstić information content (AvgIpc) is 3.31. The minimum atomic E-state index is -5.15. The predicted octanol–water partition coefficient (Wildman–Crippen LogP) is 11.1. The van der Waals surface area contributed by atoms with E-state index in [-0.39, 0.29) is 12.8 Å². The van der Waals surface area contributed by atoms with Crippen LogP contribution in [-0.2, 0) is 32.7 Å². The largest absolute Gasteiger partial charge is 0.472 e. The summed E-state index contributed by atoms with van der Waals surface area (Å²) in [6, 6.07) is 0. The fourth-order valence-electron chi connectivity index (χ4n) is 7.38. The normalized spacial score (nSPS) is 21.7. The first-order chi connectivity index (χ1) is 32.4. The lowest BCUT2D eigenvalue weighted by Crippen LogP contribution is -2.64. The van der Waals surface area contributed by atoms with E-state index >= 15 is 0 Å². The van der Waals surface area contributed by atoms with Gasteiger partial charge in [0.1, 0.15) is 43.2 Å². The molecule has 6 unspecified atom stereocenters. The van der Waals surface area contributed by atoms with Gasteiger partial charge in [-0.15, -0.1) is 0 Å². The zero-order valence-corrected chi connectivity index (χ0v) is 42.1. The molecule has 0 saturated heterocycles. The molecule has 67 heavy (non-hydrogen) atoms. The Morgan fingerprint density at radius 1 is 0.463 bits per heavy atom. The van der Waals surface area contributed by atoms with Crippen LogP contribution in [0.4, 0.5) is 0 Å². The van der Waals surface area contributed by atoms with E-state index in [9.17, 15) is 44.6 Å². The third-order valence-corrected chi connectivity index (χ3v) is 12.5. The van der Waals surface area contributed by atoms with Gasteiger partial charge in [0, 0.05) is 12.8 Å². The van der Waals surface area contributed by atoms with Gasteiger partial charge in [-0.05, 0) is 77.0 Å². The van der Waals surface area contributed by atoms with E-state index in [0.717, 1.165) is 38.5 Å². The number of phosphoric ester groups is 1. The molecule has 1 rings (SSSR count). The summed E-state index contributed by atoms with van der Waals surface area (Å²) in [4.78, 5) is 35.8. The molecule has 13 nitrogen and oxygen atoms in total. The van der Waals surface area contributed by atoms with Crippen molar-refractivity contribution in [3.63, 3.8) is 0 Å². The predicted molar refractivity (Wildman–Crippen MR) is 267 cm³/mol. The van der Waals surface area contributed by atoms with Crippen molar-refractivity contribution in [1.82, 2.24) is 0 Å². The number of aliphatic hydroxyl groups is 5. The second-order valence-electron chi connectivity index (χ2n) is 17.7. The zero-order chi connectivity index (χ0) is 49.2.